The van der Waals surface area contributed by atoms with Crippen LogP contribution in [0.3, 0.4) is 0 Å². The zero-order valence-corrected chi connectivity index (χ0v) is 20.7. The van der Waals surface area contributed by atoms with Crippen LogP contribution in [0.2, 0.25) is 0 Å². The van der Waals surface area contributed by atoms with Crippen LogP contribution in [0.15, 0.2) is 48.5 Å². The van der Waals surface area contributed by atoms with Crippen molar-refractivity contribution in [1.82, 2.24) is 19.6 Å². The lowest BCUT2D eigenvalue weighted by atomic mass is 10.1. The van der Waals surface area contributed by atoms with E-state index in [4.69, 9.17) is 5.10 Å². The zero-order valence-electron chi connectivity index (χ0n) is 20.7. The Morgan fingerprint density at radius 3 is 2.35 bits per heavy atom. The fraction of sp³-hybridized carbons (Fsp3) is 0.444. The van der Waals surface area contributed by atoms with Crippen molar-refractivity contribution in [3.05, 3.63) is 71.2 Å². The number of hydrogen-bond donors (Lipinski definition) is 1. The third-order valence-electron chi connectivity index (χ3n) is 6.74. The molecular weight excluding hydrogens is 429 g/mol. The molecule has 0 bridgehead atoms. The normalized spacial score (nSPS) is 15.0. The highest BCUT2D eigenvalue weighted by Gasteiger charge is 2.27. The van der Waals surface area contributed by atoms with Gasteiger partial charge in [0.1, 0.15) is 17.4 Å². The van der Waals surface area contributed by atoms with Gasteiger partial charge in [0.15, 0.2) is 0 Å². The van der Waals surface area contributed by atoms with E-state index in [2.05, 4.69) is 48.5 Å². The van der Waals surface area contributed by atoms with Crippen molar-refractivity contribution < 1.29 is 9.50 Å². The molecule has 1 fully saturated rings. The van der Waals surface area contributed by atoms with E-state index in [1.807, 2.05) is 16.8 Å². The van der Waals surface area contributed by atoms with Crippen LogP contribution in [0, 0.1) is 12.7 Å². The molecule has 3 aromatic rings. The number of likely N-dealkylation sites (N-methyl/N-ethyl adjacent to an activating group) is 1. The number of hydrogen-bond acceptors (Lipinski definition) is 5. The molecule has 6 nitrogen and oxygen atoms in total. The predicted molar refractivity (Wildman–Crippen MR) is 135 cm³/mol. The highest BCUT2D eigenvalue weighted by atomic mass is 19.1. The molecule has 2 aromatic carbocycles. The third-order valence-corrected chi connectivity index (χ3v) is 6.74. The molecule has 1 N–H and O–H groups in total. The zero-order chi connectivity index (χ0) is 24.2. The Balaban J connectivity index is 1.70. The molecule has 0 radical (unpaired) electrons. The largest absolute Gasteiger partial charge is 0.508 e. The molecule has 182 valence electrons. The summed E-state index contributed by atoms with van der Waals surface area (Å²) in [6, 6.07) is 14.4. The predicted octanol–water partition coefficient (Wildman–Crippen LogP) is 4.58. The minimum atomic E-state index is -0.247. The van der Waals surface area contributed by atoms with Gasteiger partial charge in [0, 0.05) is 50.9 Å². The van der Waals surface area contributed by atoms with Gasteiger partial charge in [0.2, 0.25) is 0 Å². The van der Waals surface area contributed by atoms with Gasteiger partial charge in [-0.25, -0.2) is 9.07 Å². The Hall–Kier alpha value is -2.90. The maximum Gasteiger partial charge on any atom is 0.137 e. The second-order valence-corrected chi connectivity index (χ2v) is 9.37. The van der Waals surface area contributed by atoms with Crippen LogP contribution < -0.4 is 4.90 Å². The van der Waals surface area contributed by atoms with Crippen LogP contribution in [0.25, 0.3) is 5.69 Å². The van der Waals surface area contributed by atoms with Gasteiger partial charge in [-0.05, 0) is 69.3 Å². The highest BCUT2D eigenvalue weighted by molar-refractivity contribution is 5.56. The van der Waals surface area contributed by atoms with E-state index >= 15 is 0 Å². The van der Waals surface area contributed by atoms with Crippen molar-refractivity contribution in [2.24, 2.45) is 0 Å². The first-order valence-corrected chi connectivity index (χ1v) is 12.2. The van der Waals surface area contributed by atoms with Crippen molar-refractivity contribution in [2.45, 2.75) is 46.8 Å². The summed E-state index contributed by atoms with van der Waals surface area (Å²) in [5, 5.41) is 14.9. The number of aryl methyl sites for hydroxylation is 1. The van der Waals surface area contributed by atoms with Crippen molar-refractivity contribution in [2.75, 3.05) is 37.6 Å². The summed E-state index contributed by atoms with van der Waals surface area (Å²) >= 11 is 0. The fourth-order valence-electron chi connectivity index (χ4n) is 4.61. The number of benzene rings is 2. The first kappa shape index (κ1) is 24.2. The standard InChI is InChI=1S/C27H36FN5O/c1-5-30-13-15-31(16-14-30)27-26(21(4)29-33(27)24-11-9-23(28)10-12-24)19-32(20(2)3)18-22-7-6-8-25(34)17-22/h6-12,17,20,34H,5,13-16,18-19H2,1-4H3. The number of nitrogens with zero attached hydrogens (tertiary/aromatic N) is 5. The second kappa shape index (κ2) is 10.6. The summed E-state index contributed by atoms with van der Waals surface area (Å²) in [4.78, 5) is 7.29. The lowest BCUT2D eigenvalue weighted by Gasteiger charge is -2.36. The molecule has 34 heavy (non-hydrogen) atoms. The molecule has 0 unspecified atom stereocenters. The van der Waals surface area contributed by atoms with Gasteiger partial charge >= 0.3 is 0 Å². The fourth-order valence-corrected chi connectivity index (χ4v) is 4.61. The summed E-state index contributed by atoms with van der Waals surface area (Å²) in [5.41, 5.74) is 4.13. The summed E-state index contributed by atoms with van der Waals surface area (Å²) in [6.07, 6.45) is 0. The number of phenols is 1. The molecule has 1 aromatic heterocycles. The Bertz CT molecular complexity index is 1090. The highest BCUT2D eigenvalue weighted by Crippen LogP contribution is 2.31. The molecule has 1 aliphatic rings. The Kier molecular flexibility index (Phi) is 7.54. The Morgan fingerprint density at radius 1 is 1.03 bits per heavy atom. The number of aromatic hydroxyl groups is 1. The maximum absolute atomic E-state index is 13.7. The number of anilines is 1. The smallest absolute Gasteiger partial charge is 0.137 e. The summed E-state index contributed by atoms with van der Waals surface area (Å²) in [6.45, 7) is 15.1. The van der Waals surface area contributed by atoms with Gasteiger partial charge in [0.05, 0.1) is 11.4 Å². The summed E-state index contributed by atoms with van der Waals surface area (Å²) in [7, 11) is 0. The molecule has 7 heteroatoms. The van der Waals surface area contributed by atoms with Crippen molar-refractivity contribution in [3.63, 3.8) is 0 Å². The number of rotatable bonds is 8. The summed E-state index contributed by atoms with van der Waals surface area (Å²) < 4.78 is 15.6. The van der Waals surface area contributed by atoms with Gasteiger partial charge in [-0.2, -0.15) is 5.10 Å². The van der Waals surface area contributed by atoms with E-state index in [1.165, 1.54) is 17.7 Å². The maximum atomic E-state index is 13.7. The van der Waals surface area contributed by atoms with E-state index < -0.39 is 0 Å². The quantitative estimate of drug-likeness (QED) is 0.528. The number of aromatic nitrogens is 2. The van der Waals surface area contributed by atoms with Crippen LogP contribution in [0.5, 0.6) is 5.75 Å². The third kappa shape index (κ3) is 5.42. The van der Waals surface area contributed by atoms with Crippen LogP contribution in [-0.2, 0) is 13.1 Å². The molecule has 1 aliphatic heterocycles. The van der Waals surface area contributed by atoms with Gasteiger partial charge < -0.3 is 14.9 Å². The van der Waals surface area contributed by atoms with Crippen LogP contribution in [0.1, 0.15) is 37.6 Å². The monoisotopic (exact) mass is 465 g/mol. The van der Waals surface area contributed by atoms with E-state index in [0.717, 1.165) is 68.6 Å². The molecule has 2 heterocycles. The molecule has 1 saturated heterocycles. The van der Waals surface area contributed by atoms with E-state index in [9.17, 15) is 9.50 Å². The molecule has 0 saturated carbocycles. The molecule has 0 amide bonds. The number of halogens is 1. The Labute approximate surface area is 202 Å². The van der Waals surface area contributed by atoms with Crippen molar-refractivity contribution in [1.29, 1.82) is 0 Å². The van der Waals surface area contributed by atoms with E-state index in [1.54, 1.807) is 18.2 Å². The van der Waals surface area contributed by atoms with E-state index in [-0.39, 0.29) is 11.6 Å². The number of piperazine rings is 1. The molecule has 0 aliphatic carbocycles. The molecule has 0 spiro atoms. The van der Waals surface area contributed by atoms with Gasteiger partial charge in [0.25, 0.3) is 0 Å². The number of phenolic OH excluding ortho intramolecular Hbond substituents is 1. The van der Waals surface area contributed by atoms with Gasteiger partial charge in [-0.15, -0.1) is 0 Å². The van der Waals surface area contributed by atoms with Crippen molar-refractivity contribution in [3.8, 4) is 11.4 Å². The van der Waals surface area contributed by atoms with Crippen LogP contribution in [-0.4, -0.2) is 63.5 Å². The lowest BCUT2D eigenvalue weighted by molar-refractivity contribution is 0.203. The molecule has 4 rings (SSSR count). The topological polar surface area (TPSA) is 47.8 Å². The lowest BCUT2D eigenvalue weighted by Crippen LogP contribution is -2.47. The minimum Gasteiger partial charge on any atom is -0.508 e. The average molecular weight is 466 g/mol. The molecule has 0 atom stereocenters. The van der Waals surface area contributed by atoms with Gasteiger partial charge in [-0.1, -0.05) is 19.1 Å². The SMILES string of the molecule is CCN1CCN(c2c(CN(Cc3cccc(O)c3)C(C)C)c(C)nn2-c2ccc(F)cc2)CC1. The van der Waals surface area contributed by atoms with Gasteiger partial charge in [-0.3, -0.25) is 4.90 Å². The Morgan fingerprint density at radius 2 is 1.74 bits per heavy atom. The van der Waals surface area contributed by atoms with Crippen LogP contribution in [0.4, 0.5) is 10.2 Å². The first-order chi connectivity index (χ1) is 16.4. The first-order valence-electron chi connectivity index (χ1n) is 12.2. The minimum absolute atomic E-state index is 0.247. The average Bonchev–Trinajstić information content (AvgIpc) is 3.15. The van der Waals surface area contributed by atoms with Crippen molar-refractivity contribution >= 4 is 5.82 Å². The second-order valence-electron chi connectivity index (χ2n) is 9.37. The van der Waals surface area contributed by atoms with Crippen LogP contribution >= 0.6 is 0 Å². The summed E-state index contributed by atoms with van der Waals surface area (Å²) in [5.74, 6) is 1.14. The molecular formula is C27H36FN5O. The van der Waals surface area contributed by atoms with E-state index in [0.29, 0.717) is 6.04 Å².